The van der Waals surface area contributed by atoms with Crippen molar-refractivity contribution >= 4 is 39.7 Å². The normalized spacial score (nSPS) is 13.0. The molecule has 0 aliphatic rings. The summed E-state index contributed by atoms with van der Waals surface area (Å²) in [5.41, 5.74) is -0.355. The van der Waals surface area contributed by atoms with E-state index in [-0.39, 0.29) is 12.0 Å². The van der Waals surface area contributed by atoms with E-state index in [0.717, 1.165) is 5.56 Å². The predicted molar refractivity (Wildman–Crippen MR) is 75.9 cm³/mol. The molecular formula is C13H10F3N3OS. The molecule has 0 radical (unpaired) electrons. The van der Waals surface area contributed by atoms with Gasteiger partial charge in [0, 0.05) is 12.4 Å². The third-order valence-corrected chi connectivity index (χ3v) is 3.87. The number of allylic oxidation sites excluding steroid dienone is 2. The second-order valence-corrected chi connectivity index (χ2v) is 5.05. The van der Waals surface area contributed by atoms with Crippen LogP contribution in [0.15, 0.2) is 28.9 Å². The number of aromatic nitrogens is 1. The van der Waals surface area contributed by atoms with E-state index in [1.165, 1.54) is 23.6 Å². The van der Waals surface area contributed by atoms with Crippen molar-refractivity contribution in [2.75, 3.05) is 5.32 Å². The maximum absolute atomic E-state index is 13.0. The summed E-state index contributed by atoms with van der Waals surface area (Å²) in [4.78, 5) is 14.8. The smallest absolute Gasteiger partial charge is 0.350 e. The van der Waals surface area contributed by atoms with Crippen LogP contribution in [-0.2, 0) is 4.79 Å². The van der Waals surface area contributed by atoms with Gasteiger partial charge < -0.3 is 10.7 Å². The highest BCUT2D eigenvalue weighted by Gasteiger charge is 2.36. The van der Waals surface area contributed by atoms with Crippen LogP contribution < -0.4 is 5.32 Å². The van der Waals surface area contributed by atoms with E-state index < -0.39 is 17.4 Å². The zero-order chi connectivity index (χ0) is 15.6. The van der Waals surface area contributed by atoms with Crippen molar-refractivity contribution in [2.24, 2.45) is 0 Å². The largest absolute Gasteiger partial charge is 0.432 e. The first-order chi connectivity index (χ1) is 9.88. The number of carbonyl (C=O) groups is 1. The molecule has 2 rings (SSSR count). The number of hydrogen-bond donors (Lipinski definition) is 2. The molecule has 0 amide bonds. The van der Waals surface area contributed by atoms with E-state index in [0.29, 0.717) is 16.4 Å². The Balaban J connectivity index is 2.57. The number of fused-ring (bicyclic) bond motifs is 1. The lowest BCUT2D eigenvalue weighted by atomic mass is 10.2. The molecule has 2 heterocycles. The lowest BCUT2D eigenvalue weighted by Crippen LogP contribution is -2.22. The Bertz CT molecular complexity index is 724. The molecule has 0 saturated heterocycles. The van der Waals surface area contributed by atoms with Gasteiger partial charge in [0.1, 0.15) is 5.70 Å². The minimum absolute atomic E-state index is 0.000875. The Hall–Kier alpha value is -2.22. The number of rotatable bonds is 4. The molecule has 0 atom stereocenters. The van der Waals surface area contributed by atoms with Crippen LogP contribution in [0.2, 0.25) is 0 Å². The van der Waals surface area contributed by atoms with Crippen molar-refractivity contribution in [2.45, 2.75) is 13.1 Å². The molecule has 0 unspecified atom stereocenters. The summed E-state index contributed by atoms with van der Waals surface area (Å²) in [5, 5.41) is 10.9. The molecule has 21 heavy (non-hydrogen) atoms. The standard InChI is InChI=1S/C13H10F3N3OS/c1-7-6-21-11-9(2-3-18-10(7)11)19-12(13(14,15)16)8(4-17)5-20/h2-6,17H,1H3,(H,18,19)/b12-8+,17-4?. The molecule has 110 valence electrons. The lowest BCUT2D eigenvalue weighted by molar-refractivity contribution is -0.106. The molecular weight excluding hydrogens is 303 g/mol. The third-order valence-electron chi connectivity index (χ3n) is 2.75. The predicted octanol–water partition coefficient (Wildman–Crippen LogP) is 3.68. The van der Waals surface area contributed by atoms with Gasteiger partial charge in [0.05, 0.1) is 21.5 Å². The van der Waals surface area contributed by atoms with Crippen LogP contribution in [0.1, 0.15) is 5.56 Å². The molecule has 0 fully saturated rings. The number of alkyl halides is 3. The first-order valence-corrected chi connectivity index (χ1v) is 6.63. The van der Waals surface area contributed by atoms with Gasteiger partial charge in [-0.2, -0.15) is 13.2 Å². The molecule has 0 aromatic carbocycles. The average molecular weight is 313 g/mol. The third kappa shape index (κ3) is 2.94. The Kier molecular flexibility index (Phi) is 4.08. The minimum Gasteiger partial charge on any atom is -0.350 e. The van der Waals surface area contributed by atoms with Crippen LogP contribution >= 0.6 is 11.3 Å². The quantitative estimate of drug-likeness (QED) is 0.514. The van der Waals surface area contributed by atoms with Crippen molar-refractivity contribution in [1.29, 1.82) is 5.41 Å². The van der Waals surface area contributed by atoms with Crippen molar-refractivity contribution in [3.05, 3.63) is 34.5 Å². The summed E-state index contributed by atoms with van der Waals surface area (Å²) in [7, 11) is 0. The molecule has 8 heteroatoms. The zero-order valence-corrected chi connectivity index (χ0v) is 11.6. The number of aryl methyl sites for hydroxylation is 1. The van der Waals surface area contributed by atoms with Gasteiger partial charge in [-0.05, 0) is 23.9 Å². The van der Waals surface area contributed by atoms with Crippen LogP contribution in [0.25, 0.3) is 10.2 Å². The number of nitrogens with one attached hydrogen (secondary N) is 2. The van der Waals surface area contributed by atoms with Crippen molar-refractivity contribution in [3.63, 3.8) is 0 Å². The number of anilines is 1. The zero-order valence-electron chi connectivity index (χ0n) is 10.8. The van der Waals surface area contributed by atoms with Crippen LogP contribution in [0.4, 0.5) is 18.9 Å². The summed E-state index contributed by atoms with van der Waals surface area (Å²) in [6, 6.07) is 1.40. The maximum atomic E-state index is 13.0. The SMILES string of the molecule is Cc1csc2c(N/C(=C(\C=N)C=O)C(F)(F)F)ccnc12. The van der Waals surface area contributed by atoms with E-state index >= 15 is 0 Å². The highest BCUT2D eigenvalue weighted by atomic mass is 32.1. The van der Waals surface area contributed by atoms with Gasteiger partial charge in [-0.15, -0.1) is 11.3 Å². The van der Waals surface area contributed by atoms with E-state index in [1.54, 1.807) is 5.38 Å². The van der Waals surface area contributed by atoms with Crippen LogP contribution in [0.5, 0.6) is 0 Å². The number of hydrogen-bond acceptors (Lipinski definition) is 5. The Morgan fingerprint density at radius 2 is 2.19 bits per heavy atom. The molecule has 2 aromatic heterocycles. The average Bonchev–Trinajstić information content (AvgIpc) is 2.81. The molecule has 0 saturated carbocycles. The minimum atomic E-state index is -4.77. The van der Waals surface area contributed by atoms with E-state index in [2.05, 4.69) is 10.3 Å². The fraction of sp³-hybridized carbons (Fsp3) is 0.154. The number of halogens is 3. The number of carbonyl (C=O) groups excluding carboxylic acids is 1. The van der Waals surface area contributed by atoms with Crippen molar-refractivity contribution < 1.29 is 18.0 Å². The maximum Gasteiger partial charge on any atom is 0.432 e. The van der Waals surface area contributed by atoms with Crippen LogP contribution in [-0.4, -0.2) is 23.7 Å². The number of thiophene rings is 1. The Labute approximate surface area is 121 Å². The Morgan fingerprint density at radius 3 is 2.76 bits per heavy atom. The number of nitrogens with zero attached hydrogens (tertiary/aromatic N) is 1. The molecule has 0 aliphatic carbocycles. The molecule has 0 aliphatic heterocycles. The molecule has 0 spiro atoms. The summed E-state index contributed by atoms with van der Waals surface area (Å²) in [6.07, 6.45) is -3.00. The van der Waals surface area contributed by atoms with Gasteiger partial charge in [-0.25, -0.2) is 0 Å². The molecule has 0 bridgehead atoms. The van der Waals surface area contributed by atoms with E-state index in [1.807, 2.05) is 6.92 Å². The van der Waals surface area contributed by atoms with Gasteiger partial charge in [0.15, 0.2) is 6.29 Å². The van der Waals surface area contributed by atoms with Gasteiger partial charge >= 0.3 is 6.18 Å². The summed E-state index contributed by atoms with van der Waals surface area (Å²) in [6.45, 7) is 1.81. The topological polar surface area (TPSA) is 65.8 Å². The van der Waals surface area contributed by atoms with Gasteiger partial charge in [0.25, 0.3) is 0 Å². The van der Waals surface area contributed by atoms with E-state index in [4.69, 9.17) is 5.41 Å². The molecule has 4 nitrogen and oxygen atoms in total. The number of pyridine rings is 1. The van der Waals surface area contributed by atoms with E-state index in [9.17, 15) is 18.0 Å². The monoisotopic (exact) mass is 313 g/mol. The summed E-state index contributed by atoms with van der Waals surface area (Å²) >= 11 is 1.26. The van der Waals surface area contributed by atoms with Crippen LogP contribution in [0.3, 0.4) is 0 Å². The van der Waals surface area contributed by atoms with Gasteiger partial charge in [0.2, 0.25) is 0 Å². The van der Waals surface area contributed by atoms with Crippen molar-refractivity contribution in [3.8, 4) is 0 Å². The second kappa shape index (κ2) is 5.65. The van der Waals surface area contributed by atoms with Gasteiger partial charge in [-0.3, -0.25) is 9.78 Å². The molecule has 2 aromatic rings. The highest BCUT2D eigenvalue weighted by Crippen LogP contribution is 2.34. The lowest BCUT2D eigenvalue weighted by Gasteiger charge is -2.16. The summed E-state index contributed by atoms with van der Waals surface area (Å²) in [5.74, 6) is 0. The summed E-state index contributed by atoms with van der Waals surface area (Å²) < 4.78 is 39.7. The first-order valence-electron chi connectivity index (χ1n) is 5.75. The van der Waals surface area contributed by atoms with Crippen LogP contribution in [0, 0.1) is 12.3 Å². The second-order valence-electron chi connectivity index (χ2n) is 4.17. The van der Waals surface area contributed by atoms with Crippen molar-refractivity contribution in [1.82, 2.24) is 4.98 Å². The highest BCUT2D eigenvalue weighted by molar-refractivity contribution is 7.18. The Morgan fingerprint density at radius 1 is 1.48 bits per heavy atom. The van der Waals surface area contributed by atoms with Gasteiger partial charge in [-0.1, -0.05) is 0 Å². The molecule has 2 N–H and O–H groups in total. The number of aldehydes is 1. The fourth-order valence-electron chi connectivity index (χ4n) is 1.76. The fourth-order valence-corrected chi connectivity index (χ4v) is 2.73. The first kappa shape index (κ1) is 15.2.